The molecule has 0 aliphatic heterocycles. The van der Waals surface area contributed by atoms with Gasteiger partial charge < -0.3 is 14.8 Å². The number of ether oxygens (including phenoxy) is 1. The van der Waals surface area contributed by atoms with Crippen LogP contribution in [-0.2, 0) is 38.4 Å². The molecule has 0 saturated carbocycles. The maximum atomic E-state index is 14.1. The Balaban J connectivity index is 0.00000108. The van der Waals surface area contributed by atoms with Crippen LogP contribution in [0, 0.1) is 26.0 Å². The lowest BCUT2D eigenvalue weighted by molar-refractivity contribution is -0.763. The van der Waals surface area contributed by atoms with E-state index in [-0.39, 0.29) is 19.6 Å². The third kappa shape index (κ3) is 8.76. The summed E-state index contributed by atoms with van der Waals surface area (Å²) in [5.74, 6) is -0.930. The second kappa shape index (κ2) is 13.9. The minimum Gasteiger partial charge on any atom is -0.459 e. The first-order valence-electron chi connectivity index (χ1n) is 11.8. The number of allylic oxidation sites excluding steroid dienone is 2. The Morgan fingerprint density at radius 3 is 2.39 bits per heavy atom. The highest BCUT2D eigenvalue weighted by Crippen LogP contribution is 2.44. The first-order valence-corrected chi connectivity index (χ1v) is 13.4. The summed E-state index contributed by atoms with van der Waals surface area (Å²) in [4.78, 5) is 40.7. The molecule has 1 aromatic heterocycles. The van der Waals surface area contributed by atoms with Gasteiger partial charge in [-0.2, -0.15) is 0 Å². The van der Waals surface area contributed by atoms with Crippen LogP contribution >= 0.6 is 0 Å². The molecule has 1 N–H and O–H groups in total. The molecule has 0 fully saturated rings. The van der Waals surface area contributed by atoms with Crippen molar-refractivity contribution in [2.24, 2.45) is 0 Å². The summed E-state index contributed by atoms with van der Waals surface area (Å²) in [5.41, 5.74) is 5.62. The first kappa shape index (κ1) is 30.6. The zero-order valence-corrected chi connectivity index (χ0v) is 22.6. The average Bonchev–Trinajstić information content (AvgIpc) is 3.16. The fourth-order valence-corrected chi connectivity index (χ4v) is 4.60. The Morgan fingerprint density at radius 1 is 1.07 bits per heavy atom. The Bertz CT molecular complexity index is 1550. The van der Waals surface area contributed by atoms with E-state index in [1.807, 2.05) is 25.1 Å². The number of nitrogens with zero attached hydrogens (tertiary/aromatic N) is 3. The van der Waals surface area contributed by atoms with Crippen molar-refractivity contribution < 1.29 is 38.3 Å². The second-order valence-electron chi connectivity index (χ2n) is 8.60. The van der Waals surface area contributed by atoms with Gasteiger partial charge in [-0.05, 0) is 88.4 Å². The predicted molar refractivity (Wildman–Crippen MR) is 145 cm³/mol. The molecule has 41 heavy (non-hydrogen) atoms. The molecule has 2 aromatic carbocycles. The first-order chi connectivity index (χ1) is 19.4. The number of fused-ring (bicyclic) bond motifs is 1. The lowest BCUT2D eigenvalue weighted by atomic mass is 10.0. The van der Waals surface area contributed by atoms with Gasteiger partial charge >= 0.3 is 5.97 Å². The number of hydrogen-bond donors (Lipinski definition) is 1. The minimum atomic E-state index is -1.50. The van der Waals surface area contributed by atoms with E-state index in [0.717, 1.165) is 27.2 Å². The molecule has 1 aliphatic carbocycles. The summed E-state index contributed by atoms with van der Waals surface area (Å²) in [6.45, 7) is 1.52. The van der Waals surface area contributed by atoms with E-state index in [1.54, 1.807) is 36.6 Å². The Kier molecular flexibility index (Phi) is 10.4. The molecule has 12 nitrogen and oxygen atoms in total. The summed E-state index contributed by atoms with van der Waals surface area (Å²) in [6.07, 6.45) is 4.95. The van der Waals surface area contributed by atoms with Gasteiger partial charge in [-0.25, -0.2) is 4.39 Å². The standard InChI is InChI=1S/C27H23FN2O6S.HNO3/c1-17-24(12-18-3-6-22(7-4-18)37(2)34)23-8-5-20(28)13-26(23)25(17)14-27(31)35-16-21-11-19(9-10-29-21)15-36-30(32)33;2-1(3)4/h3-13H,14-16H2,1-2H3;(H,2,3,4)/b24-12-;. The number of carbonyl (C=O) groups is 1. The smallest absolute Gasteiger partial charge is 0.310 e. The fraction of sp³-hybridized carbons (Fsp3) is 0.185. The second-order valence-corrected chi connectivity index (χ2v) is 9.98. The van der Waals surface area contributed by atoms with E-state index in [1.165, 1.54) is 18.3 Å². The van der Waals surface area contributed by atoms with Crippen LogP contribution in [-0.4, -0.2) is 36.8 Å². The van der Waals surface area contributed by atoms with Gasteiger partial charge in [0, 0.05) is 28.1 Å². The summed E-state index contributed by atoms with van der Waals surface area (Å²) in [7, 11) is -1.08. The Morgan fingerprint density at radius 2 is 1.76 bits per heavy atom. The monoisotopic (exact) mass is 585 g/mol. The number of esters is 1. The zero-order chi connectivity index (χ0) is 30.1. The van der Waals surface area contributed by atoms with Gasteiger partial charge in [0.1, 0.15) is 19.0 Å². The van der Waals surface area contributed by atoms with Crippen molar-refractivity contribution in [2.75, 3.05) is 6.26 Å². The molecule has 0 amide bonds. The fourth-order valence-electron chi connectivity index (χ4n) is 4.08. The summed E-state index contributed by atoms with van der Waals surface area (Å²) in [5, 5.41) is 23.1. The number of rotatable bonds is 9. The molecule has 0 radical (unpaired) electrons. The molecule has 214 valence electrons. The summed E-state index contributed by atoms with van der Waals surface area (Å²) in [6, 6.07) is 14.9. The number of carbonyl (C=O) groups excluding carboxylic acids is 1. The zero-order valence-electron chi connectivity index (χ0n) is 21.8. The van der Waals surface area contributed by atoms with Crippen LogP contribution in [0.1, 0.15) is 41.3 Å². The molecule has 1 unspecified atom stereocenters. The Hall–Kier alpha value is -4.98. The number of pyridine rings is 1. The number of halogens is 1. The van der Waals surface area contributed by atoms with Crippen molar-refractivity contribution in [3.05, 3.63) is 120 Å². The van der Waals surface area contributed by atoms with Crippen LogP contribution < -0.4 is 0 Å². The summed E-state index contributed by atoms with van der Waals surface area (Å²) < 4.78 is 31.2. The van der Waals surface area contributed by atoms with E-state index >= 15 is 0 Å². The molecule has 3 aromatic rings. The van der Waals surface area contributed by atoms with Gasteiger partial charge in [0.2, 0.25) is 0 Å². The topological polar surface area (TPSA) is 172 Å². The van der Waals surface area contributed by atoms with Gasteiger partial charge in [-0.15, -0.1) is 20.2 Å². The lowest BCUT2D eigenvalue weighted by Gasteiger charge is -2.08. The molecule has 4 rings (SSSR count). The van der Waals surface area contributed by atoms with E-state index < -0.39 is 32.8 Å². The van der Waals surface area contributed by atoms with Crippen molar-refractivity contribution in [1.29, 1.82) is 0 Å². The Labute approximate surface area is 235 Å². The van der Waals surface area contributed by atoms with E-state index in [4.69, 9.17) is 20.1 Å². The van der Waals surface area contributed by atoms with Gasteiger partial charge in [0.15, 0.2) is 0 Å². The molecule has 1 heterocycles. The van der Waals surface area contributed by atoms with Crippen molar-refractivity contribution in [3.8, 4) is 0 Å². The third-order valence-electron chi connectivity index (χ3n) is 5.90. The molecule has 14 heteroatoms. The molecular formula is C27H24FN3O9S. The number of benzene rings is 2. The van der Waals surface area contributed by atoms with Crippen molar-refractivity contribution in [1.82, 2.24) is 4.98 Å². The van der Waals surface area contributed by atoms with Gasteiger partial charge in [-0.3, -0.25) is 14.0 Å². The van der Waals surface area contributed by atoms with E-state index in [0.29, 0.717) is 22.4 Å². The van der Waals surface area contributed by atoms with Crippen molar-refractivity contribution >= 4 is 34.0 Å². The van der Waals surface area contributed by atoms with Crippen LogP contribution in [0.5, 0.6) is 0 Å². The minimum absolute atomic E-state index is 0.0719. The normalized spacial score (nSPS) is 13.6. The van der Waals surface area contributed by atoms with Crippen LogP contribution in [0.3, 0.4) is 0 Å². The summed E-state index contributed by atoms with van der Waals surface area (Å²) >= 11 is 0. The quantitative estimate of drug-likeness (QED) is 0.209. The van der Waals surface area contributed by atoms with E-state index in [9.17, 15) is 23.5 Å². The molecule has 0 bridgehead atoms. The number of hydrogen-bond acceptors (Lipinski definition) is 9. The third-order valence-corrected chi connectivity index (χ3v) is 6.83. The van der Waals surface area contributed by atoms with Crippen LogP contribution in [0.15, 0.2) is 71.3 Å². The number of aromatic nitrogens is 1. The van der Waals surface area contributed by atoms with Crippen LogP contribution in [0.4, 0.5) is 4.39 Å². The molecule has 0 spiro atoms. The average molecular weight is 586 g/mol. The van der Waals surface area contributed by atoms with Crippen molar-refractivity contribution in [3.63, 3.8) is 0 Å². The largest absolute Gasteiger partial charge is 0.459 e. The van der Waals surface area contributed by atoms with Gasteiger partial charge in [-0.1, -0.05) is 18.2 Å². The van der Waals surface area contributed by atoms with Crippen LogP contribution in [0.2, 0.25) is 0 Å². The molecule has 0 saturated heterocycles. The van der Waals surface area contributed by atoms with Gasteiger partial charge in [0.05, 0.1) is 12.1 Å². The highest BCUT2D eigenvalue weighted by molar-refractivity contribution is 7.84. The van der Waals surface area contributed by atoms with Crippen molar-refractivity contribution in [2.45, 2.75) is 31.5 Å². The highest BCUT2D eigenvalue weighted by atomic mass is 32.2. The van der Waals surface area contributed by atoms with Gasteiger partial charge in [0.25, 0.3) is 10.2 Å². The van der Waals surface area contributed by atoms with E-state index in [2.05, 4.69) is 9.82 Å². The SMILES string of the molecule is CC1=C(CC(=O)OCc2cc(CO[N+](=O)[O-])ccn2)c2cc(F)ccc2/C1=C\c1ccc(S(C)=O)cc1.O=[N+]([O-])O. The molecular weight excluding hydrogens is 561 g/mol. The predicted octanol–water partition coefficient (Wildman–Crippen LogP) is 4.78. The lowest BCUT2D eigenvalue weighted by Crippen LogP contribution is -2.07. The molecule has 1 aliphatic rings. The molecule has 1 atom stereocenters. The highest BCUT2D eigenvalue weighted by Gasteiger charge is 2.26. The maximum Gasteiger partial charge on any atom is 0.310 e. The van der Waals surface area contributed by atoms with Crippen LogP contribution in [0.25, 0.3) is 17.2 Å². The maximum absolute atomic E-state index is 14.1.